The molecule has 0 aliphatic heterocycles. The van der Waals surface area contributed by atoms with Crippen molar-refractivity contribution in [2.24, 2.45) is 0 Å². The Kier molecular flexibility index (Phi) is 11.4. The molecule has 112 valence electrons. The first kappa shape index (κ1) is 18.7. The predicted octanol–water partition coefficient (Wildman–Crippen LogP) is 5.41. The molecule has 0 saturated carbocycles. The maximum Gasteiger partial charge on any atom is 0.0235 e. The van der Waals surface area contributed by atoms with Crippen molar-refractivity contribution in [3.05, 3.63) is 23.3 Å². The summed E-state index contributed by atoms with van der Waals surface area (Å²) in [6.07, 6.45) is 10.6. The van der Waals surface area contributed by atoms with E-state index in [0.717, 1.165) is 18.8 Å². The average Bonchev–Trinajstić information content (AvgIpc) is 2.35. The van der Waals surface area contributed by atoms with E-state index < -0.39 is 0 Å². The zero-order valence-corrected chi connectivity index (χ0v) is 14.3. The molecular formula is C17H32ClN. The van der Waals surface area contributed by atoms with Crippen molar-refractivity contribution in [3.8, 4) is 0 Å². The van der Waals surface area contributed by atoms with Gasteiger partial charge in [-0.05, 0) is 73.4 Å². The fourth-order valence-corrected chi connectivity index (χ4v) is 2.13. The lowest BCUT2D eigenvalue weighted by atomic mass is 10.1. The van der Waals surface area contributed by atoms with E-state index in [1.165, 1.54) is 36.8 Å². The molecule has 0 aliphatic rings. The molecular weight excluding hydrogens is 254 g/mol. The van der Waals surface area contributed by atoms with Gasteiger partial charge in [0.25, 0.3) is 0 Å². The summed E-state index contributed by atoms with van der Waals surface area (Å²) in [6, 6.07) is 0.644. The van der Waals surface area contributed by atoms with Crippen molar-refractivity contribution in [3.63, 3.8) is 0 Å². The molecule has 0 aliphatic carbocycles. The number of rotatable bonds is 10. The van der Waals surface area contributed by atoms with Gasteiger partial charge >= 0.3 is 0 Å². The molecule has 1 nitrogen and oxygen atoms in total. The van der Waals surface area contributed by atoms with Crippen LogP contribution in [0.1, 0.15) is 59.8 Å². The van der Waals surface area contributed by atoms with Crippen LogP contribution in [0.15, 0.2) is 23.3 Å². The Hall–Kier alpha value is -0.270. The molecule has 0 bridgehead atoms. The monoisotopic (exact) mass is 285 g/mol. The molecule has 0 aromatic carbocycles. The van der Waals surface area contributed by atoms with E-state index in [2.05, 4.69) is 51.8 Å². The minimum atomic E-state index is 0.644. The highest BCUT2D eigenvalue weighted by Crippen LogP contribution is 2.11. The van der Waals surface area contributed by atoms with Gasteiger partial charge in [0.2, 0.25) is 0 Å². The van der Waals surface area contributed by atoms with Gasteiger partial charge in [0, 0.05) is 11.9 Å². The van der Waals surface area contributed by atoms with Crippen LogP contribution in [0.4, 0.5) is 0 Å². The second-order valence-corrected chi connectivity index (χ2v) is 6.20. The lowest BCUT2D eigenvalue weighted by Crippen LogP contribution is -2.30. The summed E-state index contributed by atoms with van der Waals surface area (Å²) in [4.78, 5) is 2.41. The molecule has 0 fully saturated rings. The number of halogens is 1. The second-order valence-electron chi connectivity index (χ2n) is 5.82. The maximum absolute atomic E-state index is 5.73. The summed E-state index contributed by atoms with van der Waals surface area (Å²) < 4.78 is 0. The van der Waals surface area contributed by atoms with E-state index in [1.54, 1.807) is 0 Å². The fourth-order valence-electron chi connectivity index (χ4n) is 2.01. The van der Waals surface area contributed by atoms with Crippen LogP contribution in [0.2, 0.25) is 0 Å². The third-order valence-corrected chi connectivity index (χ3v) is 3.83. The minimum Gasteiger partial charge on any atom is -0.304 e. The zero-order valence-electron chi connectivity index (χ0n) is 13.5. The summed E-state index contributed by atoms with van der Waals surface area (Å²) in [7, 11) is 2.20. The molecule has 1 unspecified atom stereocenters. The summed E-state index contributed by atoms with van der Waals surface area (Å²) in [5.74, 6) is 0.764. The van der Waals surface area contributed by atoms with E-state index in [1.807, 2.05) is 0 Å². The topological polar surface area (TPSA) is 3.24 Å². The van der Waals surface area contributed by atoms with Crippen molar-refractivity contribution in [2.45, 2.75) is 65.8 Å². The van der Waals surface area contributed by atoms with Gasteiger partial charge in [0.05, 0.1) is 0 Å². The molecule has 0 aromatic heterocycles. The molecule has 2 heteroatoms. The molecule has 0 rings (SSSR count). The van der Waals surface area contributed by atoms with Gasteiger partial charge in [0.15, 0.2) is 0 Å². The molecule has 19 heavy (non-hydrogen) atoms. The quantitative estimate of drug-likeness (QED) is 0.383. The van der Waals surface area contributed by atoms with Crippen LogP contribution in [0.3, 0.4) is 0 Å². The SMILES string of the molecule is CC(C)=CCC/C(C)=C/CCC(C)N(C)CCCCl. The highest BCUT2D eigenvalue weighted by molar-refractivity contribution is 6.17. The first-order valence-corrected chi connectivity index (χ1v) is 8.06. The molecule has 0 radical (unpaired) electrons. The van der Waals surface area contributed by atoms with Crippen LogP contribution in [0, 0.1) is 0 Å². The van der Waals surface area contributed by atoms with E-state index in [4.69, 9.17) is 11.6 Å². The highest BCUT2D eigenvalue weighted by Gasteiger charge is 2.07. The third kappa shape index (κ3) is 11.3. The normalized spacial score (nSPS) is 13.7. The Morgan fingerprint density at radius 1 is 1.16 bits per heavy atom. The van der Waals surface area contributed by atoms with Gasteiger partial charge in [0.1, 0.15) is 0 Å². The maximum atomic E-state index is 5.73. The number of hydrogen-bond donors (Lipinski definition) is 0. The van der Waals surface area contributed by atoms with Crippen molar-refractivity contribution in [2.75, 3.05) is 19.5 Å². The van der Waals surface area contributed by atoms with Crippen LogP contribution in [0.25, 0.3) is 0 Å². The number of alkyl halides is 1. The van der Waals surface area contributed by atoms with E-state index in [-0.39, 0.29) is 0 Å². The molecule has 1 atom stereocenters. The predicted molar refractivity (Wildman–Crippen MR) is 89.1 cm³/mol. The number of allylic oxidation sites excluding steroid dienone is 4. The van der Waals surface area contributed by atoms with Crippen molar-refractivity contribution in [1.29, 1.82) is 0 Å². The molecule has 0 heterocycles. The van der Waals surface area contributed by atoms with Crippen molar-refractivity contribution >= 4 is 11.6 Å². The second kappa shape index (κ2) is 11.5. The van der Waals surface area contributed by atoms with Gasteiger partial charge in [-0.25, -0.2) is 0 Å². The van der Waals surface area contributed by atoms with Gasteiger partial charge in [-0.2, -0.15) is 0 Å². The first-order chi connectivity index (χ1) is 8.97. The Balaban J connectivity index is 3.83. The molecule has 0 spiro atoms. The zero-order chi connectivity index (χ0) is 14.7. The van der Waals surface area contributed by atoms with Gasteiger partial charge in [-0.15, -0.1) is 11.6 Å². The summed E-state index contributed by atoms with van der Waals surface area (Å²) in [5.41, 5.74) is 2.94. The Morgan fingerprint density at radius 2 is 1.84 bits per heavy atom. The molecule has 0 N–H and O–H groups in total. The third-order valence-electron chi connectivity index (χ3n) is 3.57. The van der Waals surface area contributed by atoms with Crippen LogP contribution in [-0.4, -0.2) is 30.4 Å². The van der Waals surface area contributed by atoms with Crippen LogP contribution in [-0.2, 0) is 0 Å². The standard InChI is InChI=1S/C17H32ClN/c1-15(2)9-6-10-16(3)11-7-12-17(4)19(5)14-8-13-18/h9,11,17H,6-8,10,12-14H2,1-5H3/b16-11+. The molecule has 0 amide bonds. The van der Waals surface area contributed by atoms with Crippen molar-refractivity contribution in [1.82, 2.24) is 4.90 Å². The van der Waals surface area contributed by atoms with Crippen LogP contribution in [0.5, 0.6) is 0 Å². The summed E-state index contributed by atoms with van der Waals surface area (Å²) in [5, 5.41) is 0. The van der Waals surface area contributed by atoms with Crippen LogP contribution < -0.4 is 0 Å². The van der Waals surface area contributed by atoms with E-state index >= 15 is 0 Å². The summed E-state index contributed by atoms with van der Waals surface area (Å²) in [6.45, 7) is 9.99. The minimum absolute atomic E-state index is 0.644. The average molecular weight is 286 g/mol. The Bertz CT molecular complexity index is 277. The van der Waals surface area contributed by atoms with E-state index in [0.29, 0.717) is 6.04 Å². The lowest BCUT2D eigenvalue weighted by molar-refractivity contribution is 0.248. The number of hydrogen-bond acceptors (Lipinski definition) is 1. The first-order valence-electron chi connectivity index (χ1n) is 7.52. The van der Waals surface area contributed by atoms with Crippen LogP contribution >= 0.6 is 11.6 Å². The Labute approximate surface area is 125 Å². The van der Waals surface area contributed by atoms with Gasteiger partial charge in [-0.1, -0.05) is 23.3 Å². The van der Waals surface area contributed by atoms with Gasteiger partial charge in [-0.3, -0.25) is 0 Å². The van der Waals surface area contributed by atoms with E-state index in [9.17, 15) is 0 Å². The smallest absolute Gasteiger partial charge is 0.0235 e. The van der Waals surface area contributed by atoms with Crippen molar-refractivity contribution < 1.29 is 0 Å². The fraction of sp³-hybridized carbons (Fsp3) is 0.765. The molecule has 0 aromatic rings. The Morgan fingerprint density at radius 3 is 2.42 bits per heavy atom. The molecule has 0 saturated heterocycles. The highest BCUT2D eigenvalue weighted by atomic mass is 35.5. The largest absolute Gasteiger partial charge is 0.304 e. The van der Waals surface area contributed by atoms with Gasteiger partial charge < -0.3 is 4.90 Å². The number of nitrogens with zero attached hydrogens (tertiary/aromatic N) is 1. The summed E-state index contributed by atoms with van der Waals surface area (Å²) >= 11 is 5.73. The lowest BCUT2D eigenvalue weighted by Gasteiger charge is -2.23.